The van der Waals surface area contributed by atoms with E-state index in [2.05, 4.69) is 0 Å². The molecule has 1 aromatic rings. The molecule has 0 spiro atoms. The van der Waals surface area contributed by atoms with Crippen LogP contribution in [-0.2, 0) is 0 Å². The van der Waals surface area contributed by atoms with Gasteiger partial charge in [-0.05, 0) is 35.0 Å². The Balaban J connectivity index is 2.95. The van der Waals surface area contributed by atoms with Crippen molar-refractivity contribution >= 4 is 21.7 Å². The van der Waals surface area contributed by atoms with E-state index >= 15 is 0 Å². The summed E-state index contributed by atoms with van der Waals surface area (Å²) in [5.74, 6) is -0.871. The lowest BCUT2D eigenvalue weighted by Gasteiger charge is -2.08. The summed E-state index contributed by atoms with van der Waals surface area (Å²) in [4.78, 5) is 7.64. The Kier molecular flexibility index (Phi) is 3.79. The molecular formula is C10H9BrF2O2. The first kappa shape index (κ1) is 12.1. The van der Waals surface area contributed by atoms with Crippen LogP contribution in [0.3, 0.4) is 0 Å². The number of alkyl halides is 3. The average Bonchev–Trinajstić information content (AvgIpc) is 2.16. The zero-order valence-electron chi connectivity index (χ0n) is 7.97. The number of ketones is 1. The summed E-state index contributed by atoms with van der Waals surface area (Å²) in [6.45, 7) is 2.19. The van der Waals surface area contributed by atoms with Gasteiger partial charge in [-0.25, -0.2) is 0 Å². The molecule has 0 aliphatic heterocycles. The van der Waals surface area contributed by atoms with Crippen LogP contribution in [-0.4, -0.2) is 17.2 Å². The number of hydrogen-bond donors (Lipinski definition) is 0. The van der Waals surface area contributed by atoms with Crippen LogP contribution in [0.1, 0.15) is 17.3 Å². The summed E-state index contributed by atoms with van der Waals surface area (Å²) in [5, 5.41) is 0. The molecule has 0 bridgehead atoms. The van der Waals surface area contributed by atoms with Crippen molar-refractivity contribution in [3.8, 4) is 5.75 Å². The van der Waals surface area contributed by atoms with E-state index in [0.717, 1.165) is 0 Å². The van der Waals surface area contributed by atoms with E-state index in [4.69, 9.17) is 4.74 Å². The van der Waals surface area contributed by atoms with Gasteiger partial charge in [0.2, 0.25) is 5.78 Å². The lowest BCUT2D eigenvalue weighted by molar-refractivity contribution is 0.0592. The van der Waals surface area contributed by atoms with Crippen LogP contribution in [0.5, 0.6) is 5.75 Å². The molecule has 0 saturated carbocycles. The second-order valence-electron chi connectivity index (χ2n) is 2.79. The molecule has 1 rings (SSSR count). The summed E-state index contributed by atoms with van der Waals surface area (Å²) in [7, 11) is 0. The number of benzene rings is 1. The highest BCUT2D eigenvalue weighted by Crippen LogP contribution is 2.27. The summed E-state index contributed by atoms with van der Waals surface area (Å²) >= 11 is 2.02. The van der Waals surface area contributed by atoms with Gasteiger partial charge in [-0.15, -0.1) is 0 Å². The zero-order valence-corrected chi connectivity index (χ0v) is 9.55. The standard InChI is InChI=1S/C10H9BrF2O2/c1-2-15-8-5-3-4-7(6-8)9(14)10(11,12)13/h3-6H,2H2,1H3. The zero-order chi connectivity index (χ0) is 11.5. The largest absolute Gasteiger partial charge is 0.494 e. The second-order valence-corrected chi connectivity index (χ2v) is 3.78. The Morgan fingerprint density at radius 2 is 2.20 bits per heavy atom. The molecule has 0 N–H and O–H groups in total. The van der Waals surface area contributed by atoms with Gasteiger partial charge in [0.25, 0.3) is 0 Å². The smallest absolute Gasteiger partial charge is 0.363 e. The van der Waals surface area contributed by atoms with Gasteiger partial charge in [0, 0.05) is 5.56 Å². The molecule has 0 radical (unpaired) electrons. The molecule has 0 unspecified atom stereocenters. The molecule has 82 valence electrons. The molecule has 0 heterocycles. The highest BCUT2D eigenvalue weighted by Gasteiger charge is 2.35. The minimum absolute atomic E-state index is 0.0807. The molecule has 0 aliphatic carbocycles. The van der Waals surface area contributed by atoms with Crippen molar-refractivity contribution in [2.24, 2.45) is 0 Å². The van der Waals surface area contributed by atoms with E-state index in [1.165, 1.54) is 18.2 Å². The molecule has 0 saturated heterocycles. The molecule has 1 aromatic carbocycles. The van der Waals surface area contributed by atoms with Crippen LogP contribution >= 0.6 is 15.9 Å². The fourth-order valence-electron chi connectivity index (χ4n) is 1.06. The monoisotopic (exact) mass is 278 g/mol. The predicted octanol–water partition coefficient (Wildman–Crippen LogP) is 3.26. The highest BCUT2D eigenvalue weighted by molar-refractivity contribution is 9.10. The number of halogens is 3. The normalized spacial score (nSPS) is 11.2. The topological polar surface area (TPSA) is 26.3 Å². The van der Waals surface area contributed by atoms with E-state index in [1.54, 1.807) is 13.0 Å². The third-order valence-electron chi connectivity index (χ3n) is 1.66. The van der Waals surface area contributed by atoms with Crippen molar-refractivity contribution in [2.45, 2.75) is 11.8 Å². The molecule has 5 heteroatoms. The van der Waals surface area contributed by atoms with Gasteiger partial charge in [-0.3, -0.25) is 4.79 Å². The van der Waals surface area contributed by atoms with Gasteiger partial charge in [0.15, 0.2) is 0 Å². The molecular weight excluding hydrogens is 270 g/mol. The molecule has 0 amide bonds. The van der Waals surface area contributed by atoms with Crippen LogP contribution in [0.2, 0.25) is 0 Å². The Morgan fingerprint density at radius 3 is 2.73 bits per heavy atom. The Morgan fingerprint density at radius 1 is 1.53 bits per heavy atom. The van der Waals surface area contributed by atoms with Gasteiger partial charge >= 0.3 is 4.83 Å². The van der Waals surface area contributed by atoms with Gasteiger partial charge in [0.1, 0.15) is 5.75 Å². The quantitative estimate of drug-likeness (QED) is 0.624. The number of carbonyl (C=O) groups is 1. The first-order valence-corrected chi connectivity index (χ1v) is 5.09. The van der Waals surface area contributed by atoms with Crippen molar-refractivity contribution in [2.75, 3.05) is 6.61 Å². The molecule has 0 aliphatic rings. The third kappa shape index (κ3) is 3.27. The number of rotatable bonds is 4. The first-order chi connectivity index (χ1) is 6.95. The van der Waals surface area contributed by atoms with E-state index in [-0.39, 0.29) is 5.56 Å². The number of hydrogen-bond acceptors (Lipinski definition) is 2. The number of ether oxygens (including phenoxy) is 1. The maximum Gasteiger partial charge on any atom is 0.363 e. The van der Waals surface area contributed by atoms with Crippen LogP contribution in [0.25, 0.3) is 0 Å². The van der Waals surface area contributed by atoms with Crippen LogP contribution in [0, 0.1) is 0 Å². The van der Waals surface area contributed by atoms with Crippen molar-refractivity contribution in [3.05, 3.63) is 29.8 Å². The number of carbonyl (C=O) groups excluding carboxylic acids is 1. The molecule has 2 nitrogen and oxygen atoms in total. The summed E-state index contributed by atoms with van der Waals surface area (Å²) in [5.41, 5.74) is -0.0807. The third-order valence-corrected chi connectivity index (χ3v) is 2.02. The van der Waals surface area contributed by atoms with E-state index < -0.39 is 10.6 Å². The predicted molar refractivity (Wildman–Crippen MR) is 55.8 cm³/mol. The Labute approximate surface area is 94.4 Å². The van der Waals surface area contributed by atoms with Crippen molar-refractivity contribution in [1.29, 1.82) is 0 Å². The second kappa shape index (κ2) is 4.70. The van der Waals surface area contributed by atoms with Crippen LogP contribution < -0.4 is 4.74 Å². The summed E-state index contributed by atoms with van der Waals surface area (Å²) < 4.78 is 30.4. The van der Waals surface area contributed by atoms with Crippen LogP contribution in [0.4, 0.5) is 8.78 Å². The van der Waals surface area contributed by atoms with Gasteiger partial charge < -0.3 is 4.74 Å². The molecule has 0 fully saturated rings. The Hall–Kier alpha value is -0.970. The fourth-order valence-corrected chi connectivity index (χ4v) is 1.29. The van der Waals surface area contributed by atoms with E-state index in [0.29, 0.717) is 12.4 Å². The lowest BCUT2D eigenvalue weighted by atomic mass is 10.1. The van der Waals surface area contributed by atoms with Crippen molar-refractivity contribution < 1.29 is 18.3 Å². The van der Waals surface area contributed by atoms with E-state index in [9.17, 15) is 13.6 Å². The first-order valence-electron chi connectivity index (χ1n) is 4.29. The van der Waals surface area contributed by atoms with Gasteiger partial charge in [0.05, 0.1) is 6.61 Å². The van der Waals surface area contributed by atoms with Crippen LogP contribution in [0.15, 0.2) is 24.3 Å². The van der Waals surface area contributed by atoms with Gasteiger partial charge in [-0.1, -0.05) is 12.1 Å². The molecule has 15 heavy (non-hydrogen) atoms. The highest BCUT2D eigenvalue weighted by atomic mass is 79.9. The maximum atomic E-state index is 12.6. The molecule has 0 aromatic heterocycles. The van der Waals surface area contributed by atoms with Crippen molar-refractivity contribution in [3.63, 3.8) is 0 Å². The SMILES string of the molecule is CCOc1cccc(C(=O)C(F)(F)Br)c1. The Bertz CT molecular complexity index is 361. The summed E-state index contributed by atoms with van der Waals surface area (Å²) in [6, 6.07) is 5.71. The van der Waals surface area contributed by atoms with Gasteiger partial charge in [-0.2, -0.15) is 8.78 Å². The minimum atomic E-state index is -3.53. The van der Waals surface area contributed by atoms with Crippen molar-refractivity contribution in [1.82, 2.24) is 0 Å². The van der Waals surface area contributed by atoms with E-state index in [1.807, 2.05) is 15.9 Å². The fraction of sp³-hybridized carbons (Fsp3) is 0.300. The molecule has 0 atom stereocenters. The summed E-state index contributed by atoms with van der Waals surface area (Å²) in [6.07, 6.45) is 0. The average molecular weight is 279 g/mol. The maximum absolute atomic E-state index is 12.6. The minimum Gasteiger partial charge on any atom is -0.494 e. The number of Topliss-reactive ketones (excluding diaryl/α,β-unsaturated/α-hetero) is 1. The lowest BCUT2D eigenvalue weighted by Crippen LogP contribution is -2.20.